The maximum Gasteiger partial charge on any atom is 0.262 e. The second kappa shape index (κ2) is 14.9. The molecule has 0 bridgehead atoms. The molecule has 230 valence electrons. The normalized spacial score (nSPS) is 14.0. The van der Waals surface area contributed by atoms with Crippen molar-refractivity contribution in [2.24, 2.45) is 0 Å². The lowest BCUT2D eigenvalue weighted by Gasteiger charge is -2.35. The summed E-state index contributed by atoms with van der Waals surface area (Å²) >= 11 is 12.2. The molecule has 1 aliphatic heterocycles. The molecule has 43 heavy (non-hydrogen) atoms. The lowest BCUT2D eigenvalue weighted by molar-refractivity contribution is -0.131. The van der Waals surface area contributed by atoms with Crippen LogP contribution in [-0.4, -0.2) is 94.8 Å². The van der Waals surface area contributed by atoms with E-state index in [2.05, 4.69) is 33.9 Å². The molecule has 1 fully saturated rings. The highest BCUT2D eigenvalue weighted by molar-refractivity contribution is 7.92. The maximum atomic E-state index is 13.1. The highest BCUT2D eigenvalue weighted by Crippen LogP contribution is 2.35. The van der Waals surface area contributed by atoms with Crippen molar-refractivity contribution in [3.63, 3.8) is 0 Å². The number of nitrogens with zero attached hydrogens (tertiary/aromatic N) is 3. The van der Waals surface area contributed by atoms with Crippen LogP contribution in [0.5, 0.6) is 11.5 Å². The number of hydrogen-bond acceptors (Lipinski definition) is 7. The van der Waals surface area contributed by atoms with Crippen LogP contribution < -0.4 is 14.8 Å². The number of hydrogen-bond donors (Lipinski definition) is 2. The fourth-order valence-electron chi connectivity index (χ4n) is 4.51. The van der Waals surface area contributed by atoms with Gasteiger partial charge in [0.15, 0.2) is 5.75 Å². The molecule has 1 aliphatic rings. The molecule has 0 spiro atoms. The van der Waals surface area contributed by atoms with Crippen molar-refractivity contribution in [1.29, 1.82) is 0 Å². The predicted octanol–water partition coefficient (Wildman–Crippen LogP) is 4.41. The molecular formula is C30H35Cl2N5O5S. The molecule has 13 heteroatoms. The number of para-hydroxylation sites is 2. The first-order valence-electron chi connectivity index (χ1n) is 13.8. The number of carbonyl (C=O) groups excluding carboxylic acids is 2. The van der Waals surface area contributed by atoms with Gasteiger partial charge in [-0.1, -0.05) is 35.3 Å². The fraction of sp³-hybridized carbons (Fsp3) is 0.333. The Hall–Kier alpha value is -3.35. The van der Waals surface area contributed by atoms with Crippen LogP contribution in [0, 0.1) is 0 Å². The van der Waals surface area contributed by atoms with E-state index in [0.29, 0.717) is 23.9 Å². The average Bonchev–Trinajstić information content (AvgIpc) is 2.98. The number of carbonyl (C=O) groups is 2. The van der Waals surface area contributed by atoms with E-state index in [0.717, 1.165) is 32.6 Å². The molecule has 0 aromatic heterocycles. The zero-order chi connectivity index (χ0) is 31.0. The Bertz CT molecular complexity index is 1530. The van der Waals surface area contributed by atoms with Gasteiger partial charge in [-0.15, -0.1) is 0 Å². The topological polar surface area (TPSA) is 111 Å². The van der Waals surface area contributed by atoms with E-state index in [1.807, 2.05) is 0 Å². The Morgan fingerprint density at radius 3 is 2.30 bits per heavy atom. The zero-order valence-corrected chi connectivity index (χ0v) is 26.4. The monoisotopic (exact) mass is 647 g/mol. The van der Waals surface area contributed by atoms with Gasteiger partial charge in [-0.05, 0) is 88.2 Å². The molecule has 3 aromatic carbocycles. The van der Waals surface area contributed by atoms with Crippen molar-refractivity contribution >= 4 is 50.7 Å². The highest BCUT2D eigenvalue weighted by Gasteiger charge is 2.22. The van der Waals surface area contributed by atoms with Gasteiger partial charge in [0.25, 0.3) is 15.9 Å². The lowest BCUT2D eigenvalue weighted by atomic mass is 10.2. The van der Waals surface area contributed by atoms with Crippen LogP contribution in [0.2, 0.25) is 10.0 Å². The summed E-state index contributed by atoms with van der Waals surface area (Å²) in [6.07, 6.45) is 1.08. The number of sulfonamides is 1. The van der Waals surface area contributed by atoms with Gasteiger partial charge < -0.3 is 19.9 Å². The first kappa shape index (κ1) is 32.6. The molecule has 0 unspecified atom stereocenters. The van der Waals surface area contributed by atoms with Gasteiger partial charge >= 0.3 is 0 Å². The molecule has 1 heterocycles. The Morgan fingerprint density at radius 2 is 1.63 bits per heavy atom. The maximum absolute atomic E-state index is 13.1. The fourth-order valence-corrected chi connectivity index (χ4v) is 6.02. The van der Waals surface area contributed by atoms with E-state index in [1.165, 1.54) is 30.3 Å². The highest BCUT2D eigenvalue weighted by atomic mass is 35.5. The van der Waals surface area contributed by atoms with Gasteiger partial charge in [0.1, 0.15) is 5.75 Å². The van der Waals surface area contributed by atoms with E-state index in [1.54, 1.807) is 41.3 Å². The number of piperazine rings is 1. The molecule has 0 saturated carbocycles. The van der Waals surface area contributed by atoms with Gasteiger partial charge in [0.2, 0.25) is 5.91 Å². The number of anilines is 1. The van der Waals surface area contributed by atoms with Crippen molar-refractivity contribution in [3.8, 4) is 11.5 Å². The SMILES string of the molecule is CN(C)CCCN1CCN(C(=O)CNC(=O)c2ccc(S(=O)(=O)Nc3ccccc3Oc3ccc(Cl)cc3Cl)cc2)CC1. The second-order valence-electron chi connectivity index (χ2n) is 10.4. The van der Waals surface area contributed by atoms with Crippen LogP contribution in [0.1, 0.15) is 16.8 Å². The Balaban J connectivity index is 1.30. The zero-order valence-electron chi connectivity index (χ0n) is 24.1. The third-order valence-corrected chi connectivity index (χ3v) is 8.79. The lowest BCUT2D eigenvalue weighted by Crippen LogP contribution is -2.51. The third kappa shape index (κ3) is 9.32. The van der Waals surface area contributed by atoms with Crippen LogP contribution in [0.4, 0.5) is 5.69 Å². The summed E-state index contributed by atoms with van der Waals surface area (Å²) in [7, 11) is 0.0805. The molecule has 3 aromatic rings. The summed E-state index contributed by atoms with van der Waals surface area (Å²) < 4.78 is 34.6. The molecule has 10 nitrogen and oxygen atoms in total. The van der Waals surface area contributed by atoms with E-state index in [9.17, 15) is 18.0 Å². The summed E-state index contributed by atoms with van der Waals surface area (Å²) in [5.41, 5.74) is 0.432. The summed E-state index contributed by atoms with van der Waals surface area (Å²) in [6.45, 7) is 4.75. The minimum Gasteiger partial charge on any atom is -0.454 e. The average molecular weight is 649 g/mol. The smallest absolute Gasteiger partial charge is 0.262 e. The molecular weight excluding hydrogens is 613 g/mol. The van der Waals surface area contributed by atoms with Crippen molar-refractivity contribution in [3.05, 3.63) is 82.3 Å². The number of ether oxygens (including phenoxy) is 1. The Labute approximate surface area is 262 Å². The minimum absolute atomic E-state index is 0.0529. The van der Waals surface area contributed by atoms with Gasteiger partial charge in [-0.3, -0.25) is 19.2 Å². The summed E-state index contributed by atoms with van der Waals surface area (Å²) in [6, 6.07) is 16.7. The van der Waals surface area contributed by atoms with Crippen molar-refractivity contribution in [2.45, 2.75) is 11.3 Å². The summed E-state index contributed by atoms with van der Waals surface area (Å²) in [5, 5.41) is 3.35. The van der Waals surface area contributed by atoms with Crippen molar-refractivity contribution < 1.29 is 22.7 Å². The van der Waals surface area contributed by atoms with Gasteiger partial charge in [0, 0.05) is 36.8 Å². The third-order valence-electron chi connectivity index (χ3n) is 6.88. The molecule has 0 radical (unpaired) electrons. The van der Waals surface area contributed by atoms with Crippen molar-refractivity contribution in [2.75, 3.05) is 64.6 Å². The van der Waals surface area contributed by atoms with Crippen molar-refractivity contribution in [1.82, 2.24) is 20.0 Å². The van der Waals surface area contributed by atoms with E-state index in [-0.39, 0.29) is 39.4 Å². The Morgan fingerprint density at radius 1 is 0.930 bits per heavy atom. The molecule has 4 rings (SSSR count). The Kier molecular flexibility index (Phi) is 11.3. The van der Waals surface area contributed by atoms with E-state index in [4.69, 9.17) is 27.9 Å². The standard InChI is InChI=1S/C30H35Cl2N5O5S/c1-35(2)14-5-15-36-16-18-37(19-17-36)29(38)21-33-30(39)22-8-11-24(12-9-22)43(40,41)34-26-6-3-4-7-28(26)42-27-13-10-23(31)20-25(27)32/h3-4,6-13,20,34H,5,14-19,21H2,1-2H3,(H,33,39). The summed E-state index contributed by atoms with van der Waals surface area (Å²) in [5.74, 6) is -0.0669. The molecule has 0 atom stereocenters. The van der Waals surface area contributed by atoms with E-state index < -0.39 is 15.9 Å². The van der Waals surface area contributed by atoms with Crippen LogP contribution >= 0.6 is 23.2 Å². The number of halogens is 2. The van der Waals surface area contributed by atoms with E-state index >= 15 is 0 Å². The van der Waals surface area contributed by atoms with Crippen LogP contribution in [0.3, 0.4) is 0 Å². The minimum atomic E-state index is -4.03. The predicted molar refractivity (Wildman–Crippen MR) is 169 cm³/mol. The van der Waals surface area contributed by atoms with Gasteiger partial charge in [-0.2, -0.15) is 0 Å². The first-order valence-corrected chi connectivity index (χ1v) is 16.0. The first-order chi connectivity index (χ1) is 20.5. The molecule has 2 amide bonds. The number of nitrogens with one attached hydrogen (secondary N) is 2. The molecule has 2 N–H and O–H groups in total. The van der Waals surface area contributed by atoms with Crippen LogP contribution in [0.15, 0.2) is 71.6 Å². The van der Waals surface area contributed by atoms with Gasteiger partial charge in [-0.25, -0.2) is 8.42 Å². The van der Waals surface area contributed by atoms with Crippen LogP contribution in [-0.2, 0) is 14.8 Å². The quantitative estimate of drug-likeness (QED) is 0.300. The number of rotatable bonds is 12. The summed E-state index contributed by atoms with van der Waals surface area (Å²) in [4.78, 5) is 31.5. The largest absolute Gasteiger partial charge is 0.454 e. The number of amides is 2. The second-order valence-corrected chi connectivity index (χ2v) is 12.9. The molecule has 0 aliphatic carbocycles. The van der Waals surface area contributed by atoms with Crippen LogP contribution in [0.25, 0.3) is 0 Å². The molecule has 1 saturated heterocycles. The van der Waals surface area contributed by atoms with Gasteiger partial charge in [0.05, 0.1) is 22.2 Å². The number of benzene rings is 3.